The van der Waals surface area contributed by atoms with E-state index in [0.29, 0.717) is 12.8 Å². The third-order valence-corrected chi connectivity index (χ3v) is 4.70. The number of hydrogen-bond acceptors (Lipinski definition) is 5. The number of carboxylic acids is 1. The molecule has 8 heteroatoms. The van der Waals surface area contributed by atoms with E-state index in [9.17, 15) is 14.2 Å². The quantitative estimate of drug-likeness (QED) is 0.566. The third kappa shape index (κ3) is 7.62. The van der Waals surface area contributed by atoms with E-state index < -0.39 is 19.6 Å². The lowest BCUT2D eigenvalue weighted by atomic mass is 10.2. The summed E-state index contributed by atoms with van der Waals surface area (Å²) in [5.74, 6) is -1.44. The average Bonchev–Trinajstić information content (AvgIpc) is 2.36. The van der Waals surface area contributed by atoms with Gasteiger partial charge < -0.3 is 19.5 Å². The van der Waals surface area contributed by atoms with Crippen LogP contribution in [-0.4, -0.2) is 42.4 Å². The molecule has 0 aliphatic carbocycles. The Morgan fingerprint density at radius 1 is 1.20 bits per heavy atom. The molecule has 0 aliphatic rings. The van der Waals surface area contributed by atoms with Crippen LogP contribution < -0.4 is 5.32 Å². The number of carboxylic acid groups (broad SMARTS) is 1. The van der Waals surface area contributed by atoms with Crippen LogP contribution in [0.1, 0.15) is 40.0 Å². The van der Waals surface area contributed by atoms with Crippen molar-refractivity contribution in [3.8, 4) is 0 Å². The van der Waals surface area contributed by atoms with Gasteiger partial charge in [0.25, 0.3) is 0 Å². The maximum absolute atomic E-state index is 12.1. The summed E-state index contributed by atoms with van der Waals surface area (Å²) in [6.45, 7) is 5.67. The summed E-state index contributed by atoms with van der Waals surface area (Å²) in [7, 11) is -3.13. The molecule has 0 unspecified atom stereocenters. The van der Waals surface area contributed by atoms with E-state index in [1.807, 2.05) is 0 Å². The molecule has 0 radical (unpaired) electrons. The van der Waals surface area contributed by atoms with Crippen LogP contribution in [-0.2, 0) is 23.2 Å². The molecule has 0 fully saturated rings. The number of amides is 1. The highest BCUT2D eigenvalue weighted by Gasteiger charge is 2.24. The molecular weight excluding hydrogens is 285 g/mol. The first-order chi connectivity index (χ1) is 9.38. The molecular formula is C12H24NO6P. The summed E-state index contributed by atoms with van der Waals surface area (Å²) in [5.41, 5.74) is 0. The van der Waals surface area contributed by atoms with Gasteiger partial charge in [0.15, 0.2) is 0 Å². The van der Waals surface area contributed by atoms with E-state index >= 15 is 0 Å². The summed E-state index contributed by atoms with van der Waals surface area (Å²) in [6, 6.07) is -0.881. The van der Waals surface area contributed by atoms with E-state index in [0.717, 1.165) is 0 Å². The van der Waals surface area contributed by atoms with Gasteiger partial charge in [0.1, 0.15) is 6.04 Å². The summed E-state index contributed by atoms with van der Waals surface area (Å²) in [5, 5.41) is 11.2. The fraction of sp³-hybridized carbons (Fsp3) is 0.833. The molecule has 0 saturated carbocycles. The number of carbonyl (C=O) groups excluding carboxylic acids is 1. The van der Waals surface area contributed by atoms with Crippen molar-refractivity contribution in [2.24, 2.45) is 0 Å². The molecule has 0 aromatic heterocycles. The second-order valence-electron chi connectivity index (χ2n) is 4.14. The van der Waals surface area contributed by atoms with Gasteiger partial charge in [-0.15, -0.1) is 0 Å². The van der Waals surface area contributed by atoms with E-state index in [1.54, 1.807) is 20.8 Å². The largest absolute Gasteiger partial charge is 0.480 e. The van der Waals surface area contributed by atoms with Crippen molar-refractivity contribution in [1.29, 1.82) is 0 Å². The van der Waals surface area contributed by atoms with E-state index in [4.69, 9.17) is 14.2 Å². The van der Waals surface area contributed by atoms with E-state index in [1.165, 1.54) is 0 Å². The minimum atomic E-state index is -3.13. The molecule has 0 aromatic carbocycles. The second-order valence-corrected chi connectivity index (χ2v) is 6.33. The minimum Gasteiger partial charge on any atom is -0.480 e. The molecule has 0 rings (SSSR count). The van der Waals surface area contributed by atoms with Gasteiger partial charge in [-0.3, -0.25) is 9.36 Å². The predicted molar refractivity (Wildman–Crippen MR) is 74.8 cm³/mol. The number of nitrogens with one attached hydrogen (secondary N) is 1. The summed E-state index contributed by atoms with van der Waals surface area (Å²) >= 11 is 0. The molecule has 7 nitrogen and oxygen atoms in total. The fourth-order valence-electron chi connectivity index (χ4n) is 1.60. The Labute approximate surface area is 119 Å². The fourth-order valence-corrected chi connectivity index (χ4v) is 3.26. The van der Waals surface area contributed by atoms with Crippen molar-refractivity contribution in [3.63, 3.8) is 0 Å². The standard InChI is InChI=1S/C12H24NO6P/c1-4-10(12(15)16)13-11(14)8-7-9-20(17,18-5-2)19-6-3/h10H,4-9H2,1-3H3,(H,13,14)(H,15,16)/t10-/m0/s1. The van der Waals surface area contributed by atoms with Gasteiger partial charge in [0, 0.05) is 6.42 Å². The van der Waals surface area contributed by atoms with Gasteiger partial charge in [0.05, 0.1) is 19.4 Å². The Balaban J connectivity index is 4.18. The highest BCUT2D eigenvalue weighted by atomic mass is 31.2. The van der Waals surface area contributed by atoms with Gasteiger partial charge in [-0.25, -0.2) is 4.79 Å². The van der Waals surface area contributed by atoms with Crippen LogP contribution in [0.15, 0.2) is 0 Å². The Kier molecular flexibility index (Phi) is 9.46. The summed E-state index contributed by atoms with van der Waals surface area (Å²) < 4.78 is 22.3. The van der Waals surface area contributed by atoms with Gasteiger partial charge in [-0.1, -0.05) is 6.92 Å². The van der Waals surface area contributed by atoms with Crippen molar-refractivity contribution in [3.05, 3.63) is 0 Å². The lowest BCUT2D eigenvalue weighted by molar-refractivity contribution is -0.141. The molecule has 0 bridgehead atoms. The highest BCUT2D eigenvalue weighted by Crippen LogP contribution is 2.48. The van der Waals surface area contributed by atoms with Crippen LogP contribution in [0.5, 0.6) is 0 Å². The molecule has 0 aromatic rings. The van der Waals surface area contributed by atoms with E-state index in [-0.39, 0.29) is 31.7 Å². The zero-order valence-corrected chi connectivity index (χ0v) is 13.2. The molecule has 20 heavy (non-hydrogen) atoms. The van der Waals surface area contributed by atoms with Crippen LogP contribution in [0, 0.1) is 0 Å². The summed E-state index contributed by atoms with van der Waals surface area (Å²) in [4.78, 5) is 22.3. The molecule has 2 N–H and O–H groups in total. The van der Waals surface area contributed by atoms with Crippen LogP contribution in [0.4, 0.5) is 0 Å². The molecule has 1 amide bonds. The van der Waals surface area contributed by atoms with Crippen molar-refractivity contribution in [2.75, 3.05) is 19.4 Å². The SMILES string of the molecule is CCOP(=O)(CCCC(=O)N[C@@H](CC)C(=O)O)OCC. The topological polar surface area (TPSA) is 102 Å². The molecule has 118 valence electrons. The number of rotatable bonds is 11. The summed E-state index contributed by atoms with van der Waals surface area (Å²) in [6.07, 6.45) is 0.872. The number of aliphatic carboxylic acids is 1. The highest BCUT2D eigenvalue weighted by molar-refractivity contribution is 7.53. The normalized spacial score (nSPS) is 12.9. The Bertz CT molecular complexity index is 350. The van der Waals surface area contributed by atoms with Crippen molar-refractivity contribution < 1.29 is 28.3 Å². The minimum absolute atomic E-state index is 0.0912. The molecule has 0 spiro atoms. The van der Waals surface area contributed by atoms with Gasteiger partial charge in [-0.05, 0) is 26.7 Å². The van der Waals surface area contributed by atoms with Crippen LogP contribution in [0.2, 0.25) is 0 Å². The van der Waals surface area contributed by atoms with E-state index in [2.05, 4.69) is 5.32 Å². The maximum Gasteiger partial charge on any atom is 0.330 e. The predicted octanol–water partition coefficient (Wildman–Crippen LogP) is 2.01. The Morgan fingerprint density at radius 2 is 1.75 bits per heavy atom. The van der Waals surface area contributed by atoms with Crippen molar-refractivity contribution >= 4 is 19.5 Å². The molecule has 1 atom stereocenters. The van der Waals surface area contributed by atoms with Crippen molar-refractivity contribution in [2.45, 2.75) is 46.1 Å². The zero-order valence-electron chi connectivity index (χ0n) is 12.3. The number of hydrogen-bond donors (Lipinski definition) is 2. The molecule has 0 saturated heterocycles. The lowest BCUT2D eigenvalue weighted by Gasteiger charge is -2.17. The third-order valence-electron chi connectivity index (χ3n) is 2.53. The smallest absolute Gasteiger partial charge is 0.330 e. The van der Waals surface area contributed by atoms with Crippen molar-refractivity contribution in [1.82, 2.24) is 5.32 Å². The van der Waals surface area contributed by atoms with Crippen LogP contribution in [0.3, 0.4) is 0 Å². The first-order valence-electron chi connectivity index (χ1n) is 6.78. The Hall–Kier alpha value is -0.910. The maximum atomic E-state index is 12.1. The second kappa shape index (κ2) is 9.91. The monoisotopic (exact) mass is 309 g/mol. The average molecular weight is 309 g/mol. The van der Waals surface area contributed by atoms with Crippen LogP contribution in [0.25, 0.3) is 0 Å². The first-order valence-corrected chi connectivity index (χ1v) is 8.51. The van der Waals surface area contributed by atoms with Gasteiger partial charge >= 0.3 is 13.6 Å². The van der Waals surface area contributed by atoms with Crippen LogP contribution >= 0.6 is 7.60 Å². The molecule has 0 aliphatic heterocycles. The number of carbonyl (C=O) groups is 2. The zero-order chi connectivity index (χ0) is 15.6. The lowest BCUT2D eigenvalue weighted by Crippen LogP contribution is -2.40. The van der Waals surface area contributed by atoms with Gasteiger partial charge in [-0.2, -0.15) is 0 Å². The molecule has 0 heterocycles. The van der Waals surface area contributed by atoms with Gasteiger partial charge in [0.2, 0.25) is 5.91 Å². The Morgan fingerprint density at radius 3 is 2.15 bits per heavy atom. The first kappa shape index (κ1) is 19.1.